The van der Waals surface area contributed by atoms with Gasteiger partial charge in [-0.1, -0.05) is 16.8 Å². The summed E-state index contributed by atoms with van der Waals surface area (Å²) < 4.78 is 83.0. The van der Waals surface area contributed by atoms with Gasteiger partial charge in [-0.25, -0.2) is 23.1 Å². The Morgan fingerprint density at radius 1 is 1.19 bits per heavy atom. The summed E-state index contributed by atoms with van der Waals surface area (Å²) in [5.41, 5.74) is -4.84. The van der Waals surface area contributed by atoms with Crippen LogP contribution >= 0.6 is 11.6 Å². The predicted molar refractivity (Wildman–Crippen MR) is 116 cm³/mol. The smallest absolute Gasteiger partial charge is 0.418 e. The molecule has 0 aliphatic carbocycles. The molecular formula is C22H20ClF5N4O4. The van der Waals surface area contributed by atoms with Gasteiger partial charge in [-0.2, -0.15) is 13.2 Å². The second kappa shape index (κ2) is 10.6. The number of rotatable bonds is 7. The molecule has 0 saturated heterocycles. The van der Waals surface area contributed by atoms with Crippen LogP contribution in [0.2, 0.25) is 5.02 Å². The molecule has 1 aliphatic rings. The van der Waals surface area contributed by atoms with Crippen LogP contribution in [0.3, 0.4) is 0 Å². The van der Waals surface area contributed by atoms with Gasteiger partial charge in [-0.15, -0.1) is 5.10 Å². The van der Waals surface area contributed by atoms with Gasteiger partial charge in [-0.05, 0) is 26.0 Å². The molecule has 0 bridgehead atoms. The predicted octanol–water partition coefficient (Wildman–Crippen LogP) is 4.08. The summed E-state index contributed by atoms with van der Waals surface area (Å²) in [7, 11) is 0.905. The number of hydrogen-bond donors (Lipinski definition) is 1. The molecule has 1 atom stereocenters. The topological polar surface area (TPSA) is 95.3 Å². The summed E-state index contributed by atoms with van der Waals surface area (Å²) in [5.74, 6) is -6.00. The molecule has 3 rings (SSSR count). The second-order valence-corrected chi connectivity index (χ2v) is 8.25. The quantitative estimate of drug-likeness (QED) is 0.422. The highest BCUT2D eigenvalue weighted by Gasteiger charge is 2.47. The Labute approximate surface area is 206 Å². The van der Waals surface area contributed by atoms with Crippen LogP contribution in [0.15, 0.2) is 47.1 Å². The number of ether oxygens (including phenoxy) is 2. The Kier molecular flexibility index (Phi) is 8.02. The Hall–Kier alpha value is -3.48. The van der Waals surface area contributed by atoms with Crippen molar-refractivity contribution in [3.05, 3.63) is 69.0 Å². The molecule has 2 heterocycles. The van der Waals surface area contributed by atoms with E-state index in [1.54, 1.807) is 0 Å². The zero-order chi connectivity index (χ0) is 26.8. The van der Waals surface area contributed by atoms with Crippen LogP contribution in [0.5, 0.6) is 0 Å². The Morgan fingerprint density at radius 3 is 2.39 bits per heavy atom. The van der Waals surface area contributed by atoms with Crippen molar-refractivity contribution in [2.75, 3.05) is 13.8 Å². The minimum atomic E-state index is -5.21. The van der Waals surface area contributed by atoms with E-state index in [-0.39, 0.29) is 12.2 Å². The lowest BCUT2D eigenvalue weighted by Crippen LogP contribution is -2.37. The lowest BCUT2D eigenvalue weighted by molar-refractivity contribution is -0.144. The summed E-state index contributed by atoms with van der Waals surface area (Å²) in [4.78, 5) is 26.0. The zero-order valence-corrected chi connectivity index (χ0v) is 19.9. The number of carbonyl (C=O) groups excluding carboxylic acids is 2. The number of dihydropyridines is 1. The van der Waals surface area contributed by atoms with Crippen LogP contribution < -0.4 is 5.32 Å². The maximum atomic E-state index is 15.3. The Morgan fingerprint density at radius 2 is 1.86 bits per heavy atom. The van der Waals surface area contributed by atoms with Crippen LogP contribution in [0.1, 0.15) is 30.9 Å². The molecule has 1 aromatic heterocycles. The van der Waals surface area contributed by atoms with Crippen LogP contribution in [-0.4, -0.2) is 46.8 Å². The van der Waals surface area contributed by atoms with Gasteiger partial charge in [0.2, 0.25) is 0 Å². The van der Waals surface area contributed by atoms with Crippen molar-refractivity contribution in [2.24, 2.45) is 0 Å². The molecule has 1 N–H and O–H groups in total. The normalized spacial score (nSPS) is 16.3. The Bertz CT molecular complexity index is 1230. The van der Waals surface area contributed by atoms with E-state index in [0.717, 1.165) is 7.11 Å². The van der Waals surface area contributed by atoms with Crippen molar-refractivity contribution in [3.63, 3.8) is 0 Å². The van der Waals surface area contributed by atoms with Gasteiger partial charge in [0.25, 0.3) is 0 Å². The van der Waals surface area contributed by atoms with Crippen LogP contribution in [0.25, 0.3) is 0 Å². The van der Waals surface area contributed by atoms with E-state index in [1.165, 1.54) is 30.9 Å². The monoisotopic (exact) mass is 534 g/mol. The highest BCUT2D eigenvalue weighted by atomic mass is 35.5. The van der Waals surface area contributed by atoms with Crippen molar-refractivity contribution in [3.8, 4) is 0 Å². The van der Waals surface area contributed by atoms with Crippen molar-refractivity contribution in [1.29, 1.82) is 0 Å². The van der Waals surface area contributed by atoms with Gasteiger partial charge in [-0.3, -0.25) is 0 Å². The molecule has 0 fully saturated rings. The summed E-state index contributed by atoms with van der Waals surface area (Å²) in [5, 5.41) is 9.02. The highest BCUT2D eigenvalue weighted by molar-refractivity contribution is 6.31. The first-order valence-electron chi connectivity index (χ1n) is 10.4. The molecule has 194 valence electrons. The number of nitrogens with one attached hydrogen (secondary N) is 1. The molecular weight excluding hydrogens is 515 g/mol. The van der Waals surface area contributed by atoms with E-state index in [4.69, 9.17) is 16.3 Å². The van der Waals surface area contributed by atoms with Gasteiger partial charge in [0.15, 0.2) is 0 Å². The van der Waals surface area contributed by atoms with Gasteiger partial charge >= 0.3 is 18.1 Å². The van der Waals surface area contributed by atoms with E-state index in [9.17, 15) is 27.2 Å². The number of allylic oxidation sites excluding steroid dienone is 2. The molecule has 1 aromatic carbocycles. The molecule has 0 saturated carbocycles. The molecule has 1 unspecified atom stereocenters. The van der Waals surface area contributed by atoms with Crippen molar-refractivity contribution in [2.45, 2.75) is 38.6 Å². The molecule has 0 radical (unpaired) electrons. The van der Waals surface area contributed by atoms with E-state index >= 15 is 4.39 Å². The van der Waals surface area contributed by atoms with Gasteiger partial charge in [0, 0.05) is 17.5 Å². The first-order valence-corrected chi connectivity index (χ1v) is 10.8. The highest BCUT2D eigenvalue weighted by Crippen LogP contribution is 2.48. The molecule has 14 heteroatoms. The minimum absolute atomic E-state index is 0.191. The minimum Gasteiger partial charge on any atom is -0.466 e. The first-order chi connectivity index (χ1) is 16.9. The SMILES string of the molecule is COC(=O)C1=C(CF)NC(Cn2ccnn2)=C(C(=O)OC(C)C)C1c1c(F)ccc(Cl)c1C(F)(F)F. The molecule has 36 heavy (non-hydrogen) atoms. The van der Waals surface area contributed by atoms with Crippen LogP contribution in [0.4, 0.5) is 22.0 Å². The number of hydrogen-bond acceptors (Lipinski definition) is 7. The number of esters is 2. The fourth-order valence-corrected chi connectivity index (χ4v) is 4.09. The summed E-state index contributed by atoms with van der Waals surface area (Å²) >= 11 is 5.84. The fourth-order valence-electron chi connectivity index (χ4n) is 3.81. The number of nitrogens with zero attached hydrogens (tertiary/aromatic N) is 3. The molecule has 8 nitrogen and oxygen atoms in total. The number of aromatic nitrogens is 3. The van der Waals surface area contributed by atoms with E-state index in [0.29, 0.717) is 12.1 Å². The van der Waals surface area contributed by atoms with Crippen LogP contribution in [-0.2, 0) is 31.8 Å². The number of carbonyl (C=O) groups is 2. The molecule has 0 spiro atoms. The molecule has 0 amide bonds. The number of benzene rings is 1. The number of methoxy groups -OCH3 is 1. The standard InChI is InChI=1S/C22H20ClF5N4O4/c1-10(2)36-21(34)17-14(9-32-7-6-29-31-32)30-13(8-24)16(20(33)35-3)18(17)15-12(25)5-4-11(23)19(15)22(26,27)28/h4-7,10,18,30H,8-9H2,1-3H3. The summed E-state index contributed by atoms with van der Waals surface area (Å²) in [6, 6.07) is 1.34. The Balaban J connectivity index is 2.45. The third-order valence-electron chi connectivity index (χ3n) is 5.14. The van der Waals surface area contributed by atoms with E-state index in [1.807, 2.05) is 0 Å². The lowest BCUT2D eigenvalue weighted by Gasteiger charge is -2.33. The number of halogens is 6. The molecule has 1 aliphatic heterocycles. The lowest BCUT2D eigenvalue weighted by atomic mass is 9.77. The largest absolute Gasteiger partial charge is 0.466 e. The average Bonchev–Trinajstić information content (AvgIpc) is 3.30. The van der Waals surface area contributed by atoms with Crippen molar-refractivity contribution < 1.29 is 41.0 Å². The number of alkyl halides is 4. The van der Waals surface area contributed by atoms with Gasteiger partial charge in [0.05, 0.1) is 59.3 Å². The van der Waals surface area contributed by atoms with Crippen LogP contribution in [0, 0.1) is 5.82 Å². The third kappa shape index (κ3) is 5.35. The third-order valence-corrected chi connectivity index (χ3v) is 5.45. The van der Waals surface area contributed by atoms with Gasteiger partial charge in [0.1, 0.15) is 12.5 Å². The summed E-state index contributed by atoms with van der Waals surface area (Å²) in [6.07, 6.45) is -3.31. The first kappa shape index (κ1) is 27.1. The van der Waals surface area contributed by atoms with Crippen molar-refractivity contribution >= 4 is 23.5 Å². The maximum Gasteiger partial charge on any atom is 0.418 e. The second-order valence-electron chi connectivity index (χ2n) is 7.84. The van der Waals surface area contributed by atoms with Gasteiger partial charge < -0.3 is 14.8 Å². The van der Waals surface area contributed by atoms with Crippen molar-refractivity contribution in [1.82, 2.24) is 20.3 Å². The average molecular weight is 535 g/mol. The zero-order valence-electron chi connectivity index (χ0n) is 19.1. The summed E-state index contributed by atoms with van der Waals surface area (Å²) in [6.45, 7) is 1.23. The van der Waals surface area contributed by atoms with E-state index < -0.39 is 75.6 Å². The molecule has 2 aromatic rings. The van der Waals surface area contributed by atoms with E-state index in [2.05, 4.69) is 20.4 Å². The fraction of sp³-hybridized carbons (Fsp3) is 0.364. The maximum absolute atomic E-state index is 15.3.